The fraction of sp³-hybridized carbons (Fsp3) is 1.00. The summed E-state index contributed by atoms with van der Waals surface area (Å²) in [5.74, 6) is 0. The van der Waals surface area contributed by atoms with Crippen LogP contribution in [0.25, 0.3) is 0 Å². The molecule has 0 aliphatic rings. The third-order valence-corrected chi connectivity index (χ3v) is 2.44. The molecule has 0 radical (unpaired) electrons. The molecule has 0 aliphatic carbocycles. The second kappa shape index (κ2) is 8.12. The molecule has 0 aromatic heterocycles. The van der Waals surface area contributed by atoms with Crippen molar-refractivity contribution in [3.05, 3.63) is 0 Å². The van der Waals surface area contributed by atoms with E-state index in [0.717, 1.165) is 0 Å². The van der Waals surface area contributed by atoms with Crippen LogP contribution in [0.4, 0.5) is 43.9 Å². The number of hydrogen-bond acceptors (Lipinski definition) is 2. The average molecular weight is 434 g/mol. The van der Waals surface area contributed by atoms with E-state index in [1.165, 1.54) is 0 Å². The van der Waals surface area contributed by atoms with Gasteiger partial charge in [-0.2, -0.15) is 43.9 Å². The Morgan fingerprint density at radius 3 is 0.714 bits per heavy atom. The van der Waals surface area contributed by atoms with Gasteiger partial charge in [0.2, 0.25) is 22.2 Å². The normalized spacial score (nSPS) is 16.2. The van der Waals surface area contributed by atoms with Gasteiger partial charge in [0.15, 0.2) is 0 Å². The minimum absolute atomic E-state index is 0. The van der Waals surface area contributed by atoms with Crippen LogP contribution in [-0.2, 0) is 41.6 Å². The minimum atomic E-state index is -5.97. The molecule has 0 spiro atoms. The zero-order chi connectivity index (χ0) is 17.2. The molecular weight excluding hydrogens is 432 g/mol. The predicted molar refractivity (Wildman–Crippen MR) is 43.5 cm³/mol. The molecule has 0 saturated carbocycles. The van der Waals surface area contributed by atoms with Crippen molar-refractivity contribution in [3.8, 4) is 0 Å². The van der Waals surface area contributed by atoms with Gasteiger partial charge in [-0.25, -0.2) is 8.42 Å². The van der Waals surface area contributed by atoms with Gasteiger partial charge in [-0.1, -0.05) is 0 Å². The average Bonchev–Trinajstić information content (AvgIpc) is 2.14. The molecule has 2 atom stereocenters. The first-order chi connectivity index (χ1) is 8.39. The van der Waals surface area contributed by atoms with Gasteiger partial charge in [0.05, 0.1) is 0 Å². The Balaban J connectivity index is -0.000000295. The second-order valence-electron chi connectivity index (χ2n) is 2.53. The van der Waals surface area contributed by atoms with E-state index in [1.54, 1.807) is 0 Å². The van der Waals surface area contributed by atoms with Crippen molar-refractivity contribution < 1.29 is 80.9 Å². The second-order valence-corrected chi connectivity index (χ2v) is 4.55. The number of alkyl halides is 10. The van der Waals surface area contributed by atoms with Crippen LogP contribution >= 0.6 is 0 Å². The molecule has 17 heteroatoms. The Hall–Kier alpha value is 0.143. The third kappa shape index (κ3) is 7.30. The van der Waals surface area contributed by atoms with Crippen molar-refractivity contribution in [2.75, 3.05) is 0 Å². The minimum Gasteiger partial charge on any atom is -0.301 e. The summed E-state index contributed by atoms with van der Waals surface area (Å²) in [7, 11) is 0. The summed E-state index contributed by atoms with van der Waals surface area (Å²) >= 11 is -8.41. The van der Waals surface area contributed by atoms with Crippen LogP contribution < -0.4 is 0 Å². The fourth-order valence-electron chi connectivity index (χ4n) is 0.198. The number of halogens is 10. The smallest absolute Gasteiger partial charge is 0.301 e. The van der Waals surface area contributed by atoms with Gasteiger partial charge >= 0.3 is 22.9 Å². The Morgan fingerprint density at radius 1 is 0.571 bits per heavy atom. The van der Waals surface area contributed by atoms with E-state index < -0.39 is 45.0 Å². The third-order valence-electron chi connectivity index (χ3n) is 1.10. The van der Waals surface area contributed by atoms with E-state index in [0.29, 0.717) is 0 Å². The molecular formula is C4H2F10O4S2Zn. The maximum absolute atomic E-state index is 11.4. The first-order valence-corrected chi connectivity index (χ1v) is 5.71. The van der Waals surface area contributed by atoms with Crippen molar-refractivity contribution in [1.82, 2.24) is 0 Å². The van der Waals surface area contributed by atoms with Crippen LogP contribution in [0.2, 0.25) is 0 Å². The molecule has 0 amide bonds. The van der Waals surface area contributed by atoms with Gasteiger partial charge in [-0.3, -0.25) is 0 Å². The molecule has 21 heavy (non-hydrogen) atoms. The summed E-state index contributed by atoms with van der Waals surface area (Å²) in [5, 5.41) is -11.1. The first kappa shape index (κ1) is 26.1. The maximum Gasteiger partial charge on any atom is 0.469 e. The Bertz CT molecular complexity index is 342. The van der Waals surface area contributed by atoms with Gasteiger partial charge in [-0.15, -0.1) is 0 Å². The van der Waals surface area contributed by atoms with Crippen molar-refractivity contribution in [2.24, 2.45) is 0 Å². The van der Waals surface area contributed by atoms with Gasteiger partial charge in [0, 0.05) is 19.5 Å². The summed E-state index contributed by atoms with van der Waals surface area (Å²) in [6.45, 7) is 0. The van der Waals surface area contributed by atoms with E-state index >= 15 is 0 Å². The molecule has 126 valence electrons. The van der Waals surface area contributed by atoms with Crippen molar-refractivity contribution >= 4 is 22.2 Å². The summed E-state index contributed by atoms with van der Waals surface area (Å²) in [6, 6.07) is 0. The zero-order valence-corrected chi connectivity index (χ0v) is 13.6. The predicted octanol–water partition coefficient (Wildman–Crippen LogP) is 2.72. The van der Waals surface area contributed by atoms with Crippen LogP contribution in [-0.4, -0.2) is 40.4 Å². The molecule has 0 aliphatic heterocycles. The molecule has 0 heterocycles. The van der Waals surface area contributed by atoms with Crippen LogP contribution in [0.1, 0.15) is 0 Å². The van der Waals surface area contributed by atoms with E-state index in [9.17, 15) is 52.3 Å². The zero-order valence-electron chi connectivity index (χ0n) is 9.01. The molecule has 2 unspecified atom stereocenters. The quantitative estimate of drug-likeness (QED) is 0.399. The summed E-state index contributed by atoms with van der Waals surface area (Å²) in [4.78, 5) is 0. The number of hydrogen-bond donors (Lipinski definition) is 2. The monoisotopic (exact) mass is 432 g/mol. The standard InChI is InChI=1S/2C2HF5O2S.Zn/c2*3-1(4,5)2(6,7)10(8)9;/h2*(H,8,9);. The van der Waals surface area contributed by atoms with Gasteiger partial charge < -0.3 is 9.11 Å². The van der Waals surface area contributed by atoms with Crippen molar-refractivity contribution in [3.63, 3.8) is 0 Å². The van der Waals surface area contributed by atoms with E-state index in [-0.39, 0.29) is 19.5 Å². The largest absolute Gasteiger partial charge is 0.469 e. The molecule has 0 aromatic rings. The molecule has 0 rings (SSSR count). The van der Waals surface area contributed by atoms with Crippen LogP contribution in [0.15, 0.2) is 0 Å². The summed E-state index contributed by atoms with van der Waals surface area (Å²) in [6.07, 6.45) is -11.9. The van der Waals surface area contributed by atoms with E-state index in [1.807, 2.05) is 0 Å². The van der Waals surface area contributed by atoms with Gasteiger partial charge in [0.25, 0.3) is 0 Å². The molecule has 0 aromatic carbocycles. The Kier molecular flexibility index (Phi) is 10.1. The van der Waals surface area contributed by atoms with Gasteiger partial charge in [0.1, 0.15) is 0 Å². The topological polar surface area (TPSA) is 74.6 Å². The van der Waals surface area contributed by atoms with Crippen molar-refractivity contribution in [2.45, 2.75) is 22.9 Å². The molecule has 0 bridgehead atoms. The molecule has 4 nitrogen and oxygen atoms in total. The van der Waals surface area contributed by atoms with Crippen LogP contribution in [0.5, 0.6) is 0 Å². The Labute approximate surface area is 126 Å². The Morgan fingerprint density at radius 2 is 0.714 bits per heavy atom. The van der Waals surface area contributed by atoms with E-state index in [2.05, 4.69) is 0 Å². The first-order valence-electron chi connectivity index (χ1n) is 3.50. The molecule has 2 N–H and O–H groups in total. The summed E-state index contributed by atoms with van der Waals surface area (Å²) < 4.78 is 145. The fourth-order valence-corrected chi connectivity index (χ4v) is 0.594. The molecule has 0 fully saturated rings. The van der Waals surface area contributed by atoms with Crippen LogP contribution in [0.3, 0.4) is 0 Å². The SMILES string of the molecule is O=S(O)C(F)(F)C(F)(F)F.O=S(O)C(F)(F)C(F)(F)F.[Zn]. The van der Waals surface area contributed by atoms with E-state index in [4.69, 9.17) is 9.11 Å². The molecule has 0 saturated heterocycles. The van der Waals surface area contributed by atoms with Crippen molar-refractivity contribution in [1.29, 1.82) is 0 Å². The summed E-state index contributed by atoms with van der Waals surface area (Å²) in [5.41, 5.74) is 0. The maximum atomic E-state index is 11.4. The van der Waals surface area contributed by atoms with Gasteiger partial charge in [-0.05, 0) is 0 Å². The van der Waals surface area contributed by atoms with Crippen LogP contribution in [0, 0.1) is 0 Å². The number of rotatable bonds is 2.